The Morgan fingerprint density at radius 2 is 1.81 bits per heavy atom. The van der Waals surface area contributed by atoms with Crippen LogP contribution >= 0.6 is 0 Å². The van der Waals surface area contributed by atoms with Crippen molar-refractivity contribution in [1.82, 2.24) is 15.0 Å². The normalized spacial score (nSPS) is 11.3. The maximum absolute atomic E-state index is 12.0. The zero-order valence-electron chi connectivity index (χ0n) is 14.1. The number of para-hydroxylation sites is 1. The molecule has 10 heteroatoms. The SMILES string of the molecule is NC(=O)COc1ccc(/C(N)=N/OC(=O)Cn2nnc3ccccc32)cc1. The number of hydrogen-bond acceptors (Lipinski definition) is 7. The fourth-order valence-corrected chi connectivity index (χ4v) is 2.21. The lowest BCUT2D eigenvalue weighted by atomic mass is 10.2. The molecule has 1 amide bonds. The summed E-state index contributed by atoms with van der Waals surface area (Å²) in [4.78, 5) is 27.5. The van der Waals surface area contributed by atoms with Crippen molar-refractivity contribution in [1.29, 1.82) is 0 Å². The lowest BCUT2D eigenvalue weighted by molar-refractivity contribution is -0.144. The van der Waals surface area contributed by atoms with Crippen molar-refractivity contribution in [3.05, 3.63) is 54.1 Å². The number of ether oxygens (including phenoxy) is 1. The van der Waals surface area contributed by atoms with Crippen molar-refractivity contribution in [3.8, 4) is 5.75 Å². The molecular weight excluding hydrogens is 352 g/mol. The monoisotopic (exact) mass is 368 g/mol. The highest BCUT2D eigenvalue weighted by molar-refractivity contribution is 5.97. The largest absolute Gasteiger partial charge is 0.484 e. The van der Waals surface area contributed by atoms with Crippen LogP contribution in [0.15, 0.2) is 53.7 Å². The van der Waals surface area contributed by atoms with E-state index < -0.39 is 11.9 Å². The number of amides is 1. The molecule has 4 N–H and O–H groups in total. The molecule has 0 bridgehead atoms. The minimum absolute atomic E-state index is 0.00764. The van der Waals surface area contributed by atoms with E-state index in [1.165, 1.54) is 4.68 Å². The molecule has 0 spiro atoms. The van der Waals surface area contributed by atoms with Gasteiger partial charge in [0.05, 0.1) is 5.52 Å². The summed E-state index contributed by atoms with van der Waals surface area (Å²) in [6.45, 7) is -0.380. The van der Waals surface area contributed by atoms with Crippen LogP contribution in [0, 0.1) is 0 Å². The van der Waals surface area contributed by atoms with Crippen molar-refractivity contribution >= 4 is 28.7 Å². The second-order valence-corrected chi connectivity index (χ2v) is 5.45. The summed E-state index contributed by atoms with van der Waals surface area (Å²) < 4.78 is 6.55. The van der Waals surface area contributed by atoms with Gasteiger partial charge < -0.3 is 21.0 Å². The predicted molar refractivity (Wildman–Crippen MR) is 95.5 cm³/mol. The van der Waals surface area contributed by atoms with Gasteiger partial charge in [0.15, 0.2) is 12.4 Å². The number of carbonyl (C=O) groups is 2. The van der Waals surface area contributed by atoms with Gasteiger partial charge in [-0.25, -0.2) is 9.48 Å². The molecule has 0 saturated heterocycles. The quantitative estimate of drug-likeness (QED) is 0.261. The smallest absolute Gasteiger partial charge is 0.356 e. The topological polar surface area (TPSA) is 148 Å². The van der Waals surface area contributed by atoms with E-state index in [4.69, 9.17) is 21.0 Å². The first-order chi connectivity index (χ1) is 13.0. The molecule has 0 radical (unpaired) electrons. The van der Waals surface area contributed by atoms with Crippen molar-refractivity contribution < 1.29 is 19.2 Å². The third kappa shape index (κ3) is 4.57. The Labute approximate surface area is 153 Å². The number of amidine groups is 1. The van der Waals surface area contributed by atoms with E-state index >= 15 is 0 Å². The molecule has 3 rings (SSSR count). The molecule has 138 valence electrons. The molecule has 0 saturated carbocycles. The maximum atomic E-state index is 12.0. The number of oxime groups is 1. The Kier molecular flexibility index (Phi) is 5.26. The van der Waals surface area contributed by atoms with Gasteiger partial charge in [0.2, 0.25) is 0 Å². The van der Waals surface area contributed by atoms with Crippen LogP contribution in [0.2, 0.25) is 0 Å². The molecule has 1 heterocycles. The number of nitrogens with zero attached hydrogens (tertiary/aromatic N) is 4. The number of nitrogens with two attached hydrogens (primary N) is 2. The van der Waals surface area contributed by atoms with Gasteiger partial charge in [0.1, 0.15) is 17.8 Å². The van der Waals surface area contributed by atoms with E-state index in [0.29, 0.717) is 22.3 Å². The van der Waals surface area contributed by atoms with Crippen LogP contribution in [-0.2, 0) is 21.0 Å². The van der Waals surface area contributed by atoms with Gasteiger partial charge in [0, 0.05) is 5.56 Å². The maximum Gasteiger partial charge on any atom is 0.356 e. The van der Waals surface area contributed by atoms with E-state index in [2.05, 4.69) is 15.5 Å². The summed E-state index contributed by atoms with van der Waals surface area (Å²) in [6.07, 6.45) is 0. The molecule has 0 fully saturated rings. The van der Waals surface area contributed by atoms with Gasteiger partial charge in [-0.05, 0) is 36.4 Å². The minimum Gasteiger partial charge on any atom is -0.484 e. The van der Waals surface area contributed by atoms with Crippen molar-refractivity contribution in [2.45, 2.75) is 6.54 Å². The number of hydrogen-bond donors (Lipinski definition) is 2. The van der Waals surface area contributed by atoms with Gasteiger partial charge in [0.25, 0.3) is 5.91 Å². The number of carbonyl (C=O) groups excluding carboxylic acids is 2. The zero-order valence-corrected chi connectivity index (χ0v) is 14.1. The summed E-state index contributed by atoms with van der Waals surface area (Å²) in [5.41, 5.74) is 12.7. The molecule has 0 aliphatic carbocycles. The molecule has 0 aliphatic heterocycles. The van der Waals surface area contributed by atoms with Crippen LogP contribution < -0.4 is 16.2 Å². The molecular formula is C17H16N6O4. The van der Waals surface area contributed by atoms with Crippen molar-refractivity contribution in [2.24, 2.45) is 16.6 Å². The molecule has 27 heavy (non-hydrogen) atoms. The molecule has 10 nitrogen and oxygen atoms in total. The van der Waals surface area contributed by atoms with Gasteiger partial charge in [-0.1, -0.05) is 22.5 Å². The summed E-state index contributed by atoms with van der Waals surface area (Å²) in [7, 11) is 0. The average molecular weight is 368 g/mol. The van der Waals surface area contributed by atoms with E-state index in [1.807, 2.05) is 12.1 Å². The van der Waals surface area contributed by atoms with Crippen LogP contribution in [0.3, 0.4) is 0 Å². The summed E-state index contributed by atoms with van der Waals surface area (Å²) in [5.74, 6) is -0.768. The number of rotatable bonds is 7. The van der Waals surface area contributed by atoms with Gasteiger partial charge in [-0.15, -0.1) is 5.10 Å². The van der Waals surface area contributed by atoms with Crippen LogP contribution in [0.25, 0.3) is 11.0 Å². The lowest BCUT2D eigenvalue weighted by Crippen LogP contribution is -2.20. The third-order valence-electron chi connectivity index (χ3n) is 3.48. The zero-order chi connectivity index (χ0) is 19.2. The fraction of sp³-hybridized carbons (Fsp3) is 0.118. The number of aromatic nitrogens is 3. The first-order valence-corrected chi connectivity index (χ1v) is 7.86. The molecule has 2 aromatic carbocycles. The third-order valence-corrected chi connectivity index (χ3v) is 3.48. The van der Waals surface area contributed by atoms with Gasteiger partial charge in [-0.3, -0.25) is 4.79 Å². The van der Waals surface area contributed by atoms with E-state index in [9.17, 15) is 9.59 Å². The van der Waals surface area contributed by atoms with E-state index in [0.717, 1.165) is 0 Å². The first-order valence-electron chi connectivity index (χ1n) is 7.86. The molecule has 0 unspecified atom stereocenters. The second-order valence-electron chi connectivity index (χ2n) is 5.45. The standard InChI is InChI=1S/C17H16N6O4/c18-15(24)10-26-12-7-5-11(6-8-12)17(19)21-27-16(25)9-23-14-4-2-1-3-13(14)20-22-23/h1-8H,9-10H2,(H2,18,24)(H2,19,21). The number of benzene rings is 2. The summed E-state index contributed by atoms with van der Waals surface area (Å²) in [5, 5.41) is 11.5. The highest BCUT2D eigenvalue weighted by Gasteiger charge is 2.10. The van der Waals surface area contributed by atoms with E-state index in [1.54, 1.807) is 36.4 Å². The first kappa shape index (κ1) is 17.9. The molecule has 1 aromatic heterocycles. The molecule has 0 atom stereocenters. The Morgan fingerprint density at radius 1 is 1.07 bits per heavy atom. The highest BCUT2D eigenvalue weighted by atomic mass is 16.7. The number of fused-ring (bicyclic) bond motifs is 1. The van der Waals surface area contributed by atoms with Crippen LogP contribution in [0.1, 0.15) is 5.56 Å². The van der Waals surface area contributed by atoms with Crippen LogP contribution in [0.5, 0.6) is 5.75 Å². The Hall–Kier alpha value is -3.95. The Morgan fingerprint density at radius 3 is 2.56 bits per heavy atom. The average Bonchev–Trinajstić information content (AvgIpc) is 3.08. The Balaban J connectivity index is 1.59. The predicted octanol–water partition coefficient (Wildman–Crippen LogP) is 0.159. The van der Waals surface area contributed by atoms with Gasteiger partial charge in [-0.2, -0.15) is 0 Å². The van der Waals surface area contributed by atoms with Crippen LogP contribution in [0.4, 0.5) is 0 Å². The molecule has 0 aliphatic rings. The van der Waals surface area contributed by atoms with Crippen molar-refractivity contribution in [3.63, 3.8) is 0 Å². The Bertz CT molecular complexity index is 996. The van der Waals surface area contributed by atoms with Crippen molar-refractivity contribution in [2.75, 3.05) is 6.61 Å². The minimum atomic E-state index is -0.644. The fourth-order valence-electron chi connectivity index (χ4n) is 2.21. The van der Waals surface area contributed by atoms with Crippen LogP contribution in [-0.4, -0.2) is 39.3 Å². The van der Waals surface area contributed by atoms with E-state index in [-0.39, 0.29) is 19.0 Å². The highest BCUT2D eigenvalue weighted by Crippen LogP contribution is 2.12. The second kappa shape index (κ2) is 7.95. The lowest BCUT2D eigenvalue weighted by Gasteiger charge is -2.05. The summed E-state index contributed by atoms with van der Waals surface area (Å²) in [6, 6.07) is 13.6. The number of primary amides is 1. The summed E-state index contributed by atoms with van der Waals surface area (Å²) >= 11 is 0. The van der Waals surface area contributed by atoms with Gasteiger partial charge >= 0.3 is 5.97 Å². The molecule has 3 aromatic rings.